The van der Waals surface area contributed by atoms with E-state index in [9.17, 15) is 24.0 Å². The normalized spacial score (nSPS) is 28.6. The number of carbonyl (C=O) groups is 5. The molecule has 5 amide bonds. The van der Waals surface area contributed by atoms with Gasteiger partial charge in [0.2, 0.25) is 11.8 Å². The molecule has 2 heterocycles. The molecule has 190 valence electrons. The summed E-state index contributed by atoms with van der Waals surface area (Å²) < 4.78 is 5.07. The third-order valence-corrected chi connectivity index (χ3v) is 7.11. The minimum Gasteiger partial charge on any atom is -0.466 e. The lowest BCUT2D eigenvalue weighted by molar-refractivity contribution is -0.152. The Morgan fingerprint density at radius 2 is 1.91 bits per heavy atom. The molecular formula is C24H38N4O6. The fraction of sp³-hybridized carbons (Fsp3) is 0.792. The van der Waals surface area contributed by atoms with Crippen LogP contribution in [0.1, 0.15) is 59.8 Å². The summed E-state index contributed by atoms with van der Waals surface area (Å²) in [6, 6.07) is -0.559. The van der Waals surface area contributed by atoms with Crippen molar-refractivity contribution < 1.29 is 28.7 Å². The van der Waals surface area contributed by atoms with E-state index in [4.69, 9.17) is 4.74 Å². The maximum Gasteiger partial charge on any atom is 0.325 e. The van der Waals surface area contributed by atoms with Crippen molar-refractivity contribution in [2.45, 2.75) is 65.3 Å². The van der Waals surface area contributed by atoms with Gasteiger partial charge in [0.05, 0.1) is 19.1 Å². The molecule has 2 saturated heterocycles. The molecule has 10 nitrogen and oxygen atoms in total. The number of nitrogens with zero attached hydrogens (tertiary/aromatic N) is 3. The van der Waals surface area contributed by atoms with E-state index in [2.05, 4.69) is 26.1 Å². The van der Waals surface area contributed by atoms with Crippen molar-refractivity contribution >= 4 is 29.7 Å². The first-order valence-electron chi connectivity index (χ1n) is 12.2. The predicted octanol–water partition coefficient (Wildman–Crippen LogP) is 1.38. The van der Waals surface area contributed by atoms with Crippen LogP contribution in [0.25, 0.3) is 0 Å². The molecule has 1 N–H and O–H groups in total. The van der Waals surface area contributed by atoms with Crippen LogP contribution in [0.2, 0.25) is 0 Å². The zero-order valence-corrected chi connectivity index (χ0v) is 21.0. The number of imide groups is 1. The fourth-order valence-corrected chi connectivity index (χ4v) is 5.95. The van der Waals surface area contributed by atoms with Crippen LogP contribution in [0.4, 0.5) is 4.79 Å². The monoisotopic (exact) mass is 478 g/mol. The molecule has 3 fully saturated rings. The van der Waals surface area contributed by atoms with Crippen molar-refractivity contribution in [1.29, 1.82) is 0 Å². The van der Waals surface area contributed by atoms with Gasteiger partial charge in [0.25, 0.3) is 5.91 Å². The number of hydrogen-bond acceptors (Lipinski definition) is 6. The molecule has 34 heavy (non-hydrogen) atoms. The Morgan fingerprint density at radius 1 is 1.21 bits per heavy atom. The quantitative estimate of drug-likeness (QED) is 0.455. The van der Waals surface area contributed by atoms with E-state index in [1.807, 2.05) is 0 Å². The highest BCUT2D eigenvalue weighted by Gasteiger charge is 2.56. The van der Waals surface area contributed by atoms with E-state index in [0.29, 0.717) is 38.8 Å². The number of rotatable bonds is 6. The van der Waals surface area contributed by atoms with Crippen molar-refractivity contribution in [2.75, 3.05) is 39.8 Å². The van der Waals surface area contributed by atoms with Crippen LogP contribution in [-0.2, 0) is 23.9 Å². The SMILES string of the molecule is CCOC(=O)C1CCCN(C(=O)CN(C)C(=O)CN2C(=O)NC3(CC(C)CC(C)(C)C3)C2=O)C1. The number of esters is 1. The summed E-state index contributed by atoms with van der Waals surface area (Å²) >= 11 is 0. The Bertz CT molecular complexity index is 858. The van der Waals surface area contributed by atoms with Crippen molar-refractivity contribution in [1.82, 2.24) is 20.0 Å². The van der Waals surface area contributed by atoms with Crippen molar-refractivity contribution in [3.63, 3.8) is 0 Å². The van der Waals surface area contributed by atoms with Crippen molar-refractivity contribution in [3.05, 3.63) is 0 Å². The smallest absolute Gasteiger partial charge is 0.325 e. The molecule has 0 aromatic carbocycles. The lowest BCUT2D eigenvalue weighted by Gasteiger charge is -2.43. The van der Waals surface area contributed by atoms with Crippen LogP contribution in [-0.4, -0.2) is 89.8 Å². The summed E-state index contributed by atoms with van der Waals surface area (Å²) in [5.74, 6) is -1.53. The molecule has 3 aliphatic rings. The summed E-state index contributed by atoms with van der Waals surface area (Å²) in [6.45, 7) is 8.47. The van der Waals surface area contributed by atoms with E-state index >= 15 is 0 Å². The summed E-state index contributed by atoms with van der Waals surface area (Å²) in [7, 11) is 1.48. The number of nitrogens with one attached hydrogen (secondary N) is 1. The Labute approximate surface area is 201 Å². The third kappa shape index (κ3) is 5.52. The number of carbonyl (C=O) groups excluding carboxylic acids is 5. The molecule has 1 spiro atoms. The lowest BCUT2D eigenvalue weighted by Crippen LogP contribution is -2.54. The summed E-state index contributed by atoms with van der Waals surface area (Å²) in [5.41, 5.74) is -1.07. The Kier molecular flexibility index (Phi) is 7.57. The first-order chi connectivity index (χ1) is 15.9. The zero-order valence-electron chi connectivity index (χ0n) is 21.0. The number of likely N-dealkylation sites (tertiary alicyclic amines) is 1. The molecule has 0 aromatic heterocycles. The van der Waals surface area contributed by atoms with Gasteiger partial charge in [-0.2, -0.15) is 0 Å². The van der Waals surface area contributed by atoms with Crippen LogP contribution < -0.4 is 5.32 Å². The first-order valence-corrected chi connectivity index (χ1v) is 12.2. The molecule has 10 heteroatoms. The van der Waals surface area contributed by atoms with Gasteiger partial charge in [-0.05, 0) is 50.4 Å². The largest absolute Gasteiger partial charge is 0.466 e. The lowest BCUT2D eigenvalue weighted by atomic mass is 9.64. The number of likely N-dealkylation sites (N-methyl/N-ethyl adjacent to an activating group) is 1. The number of urea groups is 1. The van der Waals surface area contributed by atoms with Gasteiger partial charge in [0.15, 0.2) is 0 Å². The maximum atomic E-state index is 13.3. The summed E-state index contributed by atoms with van der Waals surface area (Å²) in [4.78, 5) is 67.4. The minimum atomic E-state index is -0.969. The Hall–Kier alpha value is -2.65. The van der Waals surface area contributed by atoms with E-state index < -0.39 is 24.0 Å². The highest BCUT2D eigenvalue weighted by atomic mass is 16.5. The van der Waals surface area contributed by atoms with Gasteiger partial charge < -0.3 is 19.9 Å². The van der Waals surface area contributed by atoms with E-state index in [1.165, 1.54) is 11.9 Å². The zero-order chi connectivity index (χ0) is 25.3. The molecule has 3 atom stereocenters. The molecule has 1 saturated carbocycles. The van der Waals surface area contributed by atoms with Crippen LogP contribution in [0.3, 0.4) is 0 Å². The highest BCUT2D eigenvalue weighted by Crippen LogP contribution is 2.46. The summed E-state index contributed by atoms with van der Waals surface area (Å²) in [6.07, 6.45) is 3.41. The van der Waals surface area contributed by atoms with Gasteiger partial charge in [-0.15, -0.1) is 0 Å². The topological polar surface area (TPSA) is 116 Å². The molecule has 0 aromatic rings. The molecular weight excluding hydrogens is 440 g/mol. The summed E-state index contributed by atoms with van der Waals surface area (Å²) in [5, 5.41) is 2.87. The van der Waals surface area contributed by atoms with Gasteiger partial charge in [-0.3, -0.25) is 24.1 Å². The predicted molar refractivity (Wildman–Crippen MR) is 123 cm³/mol. The first kappa shape index (κ1) is 26.0. The number of amides is 5. The second kappa shape index (κ2) is 9.92. The third-order valence-electron chi connectivity index (χ3n) is 7.11. The Balaban J connectivity index is 1.58. The molecule has 3 unspecified atom stereocenters. The van der Waals surface area contributed by atoms with E-state index in [-0.39, 0.29) is 48.1 Å². The number of hydrogen-bond donors (Lipinski definition) is 1. The average molecular weight is 479 g/mol. The average Bonchev–Trinajstić information content (AvgIpc) is 2.95. The minimum absolute atomic E-state index is 0.0975. The molecule has 0 radical (unpaired) electrons. The van der Waals surface area contributed by atoms with E-state index in [1.54, 1.807) is 11.8 Å². The highest BCUT2D eigenvalue weighted by molar-refractivity contribution is 6.09. The van der Waals surface area contributed by atoms with Crippen LogP contribution in [0, 0.1) is 17.3 Å². The van der Waals surface area contributed by atoms with E-state index in [0.717, 1.165) is 11.3 Å². The molecule has 3 rings (SSSR count). The number of piperidine rings is 1. The van der Waals surface area contributed by atoms with Crippen molar-refractivity contribution in [2.24, 2.45) is 17.3 Å². The van der Waals surface area contributed by atoms with Gasteiger partial charge in [-0.25, -0.2) is 4.79 Å². The number of ether oxygens (including phenoxy) is 1. The van der Waals surface area contributed by atoms with Crippen molar-refractivity contribution in [3.8, 4) is 0 Å². The Morgan fingerprint density at radius 3 is 2.56 bits per heavy atom. The maximum absolute atomic E-state index is 13.3. The van der Waals surface area contributed by atoms with Gasteiger partial charge in [-0.1, -0.05) is 20.8 Å². The molecule has 1 aliphatic carbocycles. The van der Waals surface area contributed by atoms with Crippen LogP contribution in [0.5, 0.6) is 0 Å². The second-order valence-electron chi connectivity index (χ2n) is 10.9. The van der Waals surface area contributed by atoms with Crippen LogP contribution >= 0.6 is 0 Å². The molecule has 0 bridgehead atoms. The standard InChI is InChI=1S/C24H38N4O6/c1-6-34-20(31)17-8-7-9-27(12-17)19(30)13-26(5)18(29)14-28-21(32)24(25-22(28)33)11-16(2)10-23(3,4)15-24/h16-17H,6-15H2,1-5H3,(H,25,33). The second-order valence-corrected chi connectivity index (χ2v) is 10.9. The fourth-order valence-electron chi connectivity index (χ4n) is 5.95. The van der Waals surface area contributed by atoms with Gasteiger partial charge >= 0.3 is 12.0 Å². The van der Waals surface area contributed by atoms with Gasteiger partial charge in [0.1, 0.15) is 12.1 Å². The molecule has 2 aliphatic heterocycles. The van der Waals surface area contributed by atoms with Gasteiger partial charge in [0, 0.05) is 20.1 Å². The van der Waals surface area contributed by atoms with Crippen LogP contribution in [0.15, 0.2) is 0 Å².